The number of hydrogen-bond donors (Lipinski definition) is 1. The van der Waals surface area contributed by atoms with Crippen molar-refractivity contribution in [2.45, 2.75) is 29.4 Å². The van der Waals surface area contributed by atoms with Crippen molar-refractivity contribution in [1.29, 1.82) is 0 Å². The number of nitrogens with one attached hydrogen (secondary N) is 1. The van der Waals surface area contributed by atoms with Crippen LogP contribution in [-0.2, 0) is 0 Å². The Balaban J connectivity index is 1.60. The summed E-state index contributed by atoms with van der Waals surface area (Å²) in [6, 6.07) is 12.5. The molecule has 3 nitrogen and oxygen atoms in total. The fourth-order valence-electron chi connectivity index (χ4n) is 1.97. The van der Waals surface area contributed by atoms with Crippen molar-refractivity contribution < 1.29 is 0 Å². The van der Waals surface area contributed by atoms with Gasteiger partial charge in [-0.05, 0) is 38.0 Å². The minimum Gasteiger partial charge on any atom is -0.353 e. The van der Waals surface area contributed by atoms with E-state index < -0.39 is 0 Å². The molecule has 0 bridgehead atoms. The first-order chi connectivity index (χ1) is 9.26. The molecule has 0 unspecified atom stereocenters. The Morgan fingerprint density at radius 3 is 2.68 bits per heavy atom. The molecule has 1 heterocycles. The monoisotopic (exact) mass is 271 g/mol. The van der Waals surface area contributed by atoms with Crippen LogP contribution in [0.25, 0.3) is 0 Å². The standard InChI is InChI=1S/C15H17N3S/c1-12-7-10-16-14(18-12)17-11-15(8-9-15)19-13-5-3-2-4-6-13/h2-7,10H,8-9,11H2,1H3,(H,16,17,18). The summed E-state index contributed by atoms with van der Waals surface area (Å²) in [5, 5.41) is 3.37. The first-order valence-corrected chi connectivity index (χ1v) is 7.35. The topological polar surface area (TPSA) is 37.8 Å². The molecule has 1 aliphatic carbocycles. The Bertz CT molecular complexity index is 552. The van der Waals surface area contributed by atoms with E-state index in [-0.39, 0.29) is 0 Å². The third kappa shape index (κ3) is 3.26. The molecule has 1 N–H and O–H groups in total. The van der Waals surface area contributed by atoms with Crippen LogP contribution in [0.3, 0.4) is 0 Å². The number of hydrogen-bond acceptors (Lipinski definition) is 4. The van der Waals surface area contributed by atoms with Crippen molar-refractivity contribution in [2.75, 3.05) is 11.9 Å². The molecular weight excluding hydrogens is 254 g/mol. The van der Waals surface area contributed by atoms with Gasteiger partial charge in [-0.1, -0.05) is 18.2 Å². The van der Waals surface area contributed by atoms with E-state index in [0.29, 0.717) is 4.75 Å². The fraction of sp³-hybridized carbons (Fsp3) is 0.333. The molecule has 98 valence electrons. The minimum atomic E-state index is 0.328. The maximum Gasteiger partial charge on any atom is 0.222 e. The second-order valence-electron chi connectivity index (χ2n) is 4.97. The summed E-state index contributed by atoms with van der Waals surface area (Å²) in [5.41, 5.74) is 0.998. The largest absolute Gasteiger partial charge is 0.353 e. The van der Waals surface area contributed by atoms with Crippen molar-refractivity contribution in [3.8, 4) is 0 Å². The molecule has 0 amide bonds. The molecule has 0 radical (unpaired) electrons. The van der Waals surface area contributed by atoms with Gasteiger partial charge in [-0.25, -0.2) is 9.97 Å². The second kappa shape index (κ2) is 5.21. The van der Waals surface area contributed by atoms with Crippen molar-refractivity contribution >= 4 is 17.7 Å². The highest BCUT2D eigenvalue weighted by Crippen LogP contribution is 2.51. The highest BCUT2D eigenvalue weighted by molar-refractivity contribution is 8.01. The molecular formula is C15H17N3S. The third-order valence-corrected chi connectivity index (χ3v) is 4.74. The predicted octanol–water partition coefficient (Wildman–Crippen LogP) is 3.52. The maximum absolute atomic E-state index is 4.38. The van der Waals surface area contributed by atoms with Gasteiger partial charge in [-0.2, -0.15) is 0 Å². The highest BCUT2D eigenvalue weighted by Gasteiger charge is 2.43. The molecule has 1 saturated carbocycles. The zero-order valence-corrected chi connectivity index (χ0v) is 11.8. The molecule has 4 heteroatoms. The van der Waals surface area contributed by atoms with Crippen molar-refractivity contribution in [3.05, 3.63) is 48.3 Å². The minimum absolute atomic E-state index is 0.328. The van der Waals surface area contributed by atoms with Crippen LogP contribution >= 0.6 is 11.8 Å². The lowest BCUT2D eigenvalue weighted by Gasteiger charge is -2.15. The number of thioether (sulfide) groups is 1. The summed E-state index contributed by atoms with van der Waals surface area (Å²) >= 11 is 1.96. The van der Waals surface area contributed by atoms with Gasteiger partial charge in [-0.15, -0.1) is 11.8 Å². The SMILES string of the molecule is Cc1ccnc(NCC2(Sc3ccccc3)CC2)n1. The molecule has 1 aromatic carbocycles. The quantitative estimate of drug-likeness (QED) is 0.903. The fourth-order valence-corrected chi connectivity index (χ4v) is 3.21. The summed E-state index contributed by atoms with van der Waals surface area (Å²) in [5.74, 6) is 0.736. The van der Waals surface area contributed by atoms with Gasteiger partial charge in [0, 0.05) is 28.1 Å². The number of aryl methyl sites for hydroxylation is 1. The van der Waals surface area contributed by atoms with Crippen LogP contribution in [0.15, 0.2) is 47.5 Å². The smallest absolute Gasteiger partial charge is 0.222 e. The van der Waals surface area contributed by atoms with E-state index in [4.69, 9.17) is 0 Å². The Morgan fingerprint density at radius 2 is 2.00 bits per heavy atom. The molecule has 0 atom stereocenters. The maximum atomic E-state index is 4.38. The van der Waals surface area contributed by atoms with Gasteiger partial charge >= 0.3 is 0 Å². The van der Waals surface area contributed by atoms with E-state index in [1.54, 1.807) is 6.20 Å². The van der Waals surface area contributed by atoms with Crippen LogP contribution < -0.4 is 5.32 Å². The molecule has 3 rings (SSSR count). The number of benzene rings is 1. The lowest BCUT2D eigenvalue weighted by atomic mass is 10.4. The van der Waals surface area contributed by atoms with Crippen molar-refractivity contribution in [2.24, 2.45) is 0 Å². The highest BCUT2D eigenvalue weighted by atomic mass is 32.2. The van der Waals surface area contributed by atoms with Gasteiger partial charge in [0.05, 0.1) is 0 Å². The van der Waals surface area contributed by atoms with E-state index >= 15 is 0 Å². The van der Waals surface area contributed by atoms with Gasteiger partial charge in [-0.3, -0.25) is 0 Å². The third-order valence-electron chi connectivity index (χ3n) is 3.25. The summed E-state index contributed by atoms with van der Waals surface area (Å²) in [4.78, 5) is 9.97. The van der Waals surface area contributed by atoms with Crippen molar-refractivity contribution in [3.63, 3.8) is 0 Å². The Morgan fingerprint density at radius 1 is 1.21 bits per heavy atom. The average Bonchev–Trinajstić information content (AvgIpc) is 3.18. The number of aromatic nitrogens is 2. The molecule has 1 aromatic heterocycles. The van der Waals surface area contributed by atoms with E-state index in [1.165, 1.54) is 17.7 Å². The molecule has 1 fully saturated rings. The van der Waals surface area contributed by atoms with E-state index in [0.717, 1.165) is 18.2 Å². The second-order valence-corrected chi connectivity index (χ2v) is 6.51. The van der Waals surface area contributed by atoms with E-state index in [1.807, 2.05) is 24.8 Å². The molecule has 1 aliphatic rings. The zero-order chi connectivity index (χ0) is 13.1. The van der Waals surface area contributed by atoms with Crippen LogP contribution in [0, 0.1) is 6.92 Å². The number of rotatable bonds is 5. The van der Waals surface area contributed by atoms with Gasteiger partial charge in [0.2, 0.25) is 5.95 Å². The van der Waals surface area contributed by atoms with Crippen LogP contribution in [0.5, 0.6) is 0 Å². The Labute approximate surface area is 117 Å². The van der Waals surface area contributed by atoms with Gasteiger partial charge in [0.1, 0.15) is 0 Å². The molecule has 19 heavy (non-hydrogen) atoms. The van der Waals surface area contributed by atoms with Crippen molar-refractivity contribution in [1.82, 2.24) is 9.97 Å². The van der Waals surface area contributed by atoms with Gasteiger partial charge in [0.25, 0.3) is 0 Å². The normalized spacial score (nSPS) is 16.1. The summed E-state index contributed by atoms with van der Waals surface area (Å²) in [6.07, 6.45) is 4.31. The molecule has 2 aromatic rings. The van der Waals surface area contributed by atoms with Gasteiger partial charge < -0.3 is 5.32 Å². The Kier molecular flexibility index (Phi) is 3.42. The van der Waals surface area contributed by atoms with Crippen LogP contribution in [0.2, 0.25) is 0 Å². The summed E-state index contributed by atoms with van der Waals surface area (Å²) in [6.45, 7) is 2.91. The predicted molar refractivity (Wildman–Crippen MR) is 79.5 cm³/mol. The van der Waals surface area contributed by atoms with Crippen LogP contribution in [0.1, 0.15) is 18.5 Å². The van der Waals surface area contributed by atoms with Gasteiger partial charge in [0.15, 0.2) is 0 Å². The van der Waals surface area contributed by atoms with E-state index in [2.05, 4.69) is 45.6 Å². The Hall–Kier alpha value is -1.55. The molecule has 0 aliphatic heterocycles. The first kappa shape index (κ1) is 12.5. The van der Waals surface area contributed by atoms with Crippen LogP contribution in [0.4, 0.5) is 5.95 Å². The lowest BCUT2D eigenvalue weighted by molar-refractivity contribution is 0.918. The molecule has 0 spiro atoms. The average molecular weight is 271 g/mol. The number of anilines is 1. The molecule has 0 saturated heterocycles. The summed E-state index contributed by atoms with van der Waals surface area (Å²) < 4.78 is 0.328. The zero-order valence-electron chi connectivity index (χ0n) is 11.0. The van der Waals surface area contributed by atoms with Crippen LogP contribution in [-0.4, -0.2) is 21.3 Å². The lowest BCUT2D eigenvalue weighted by Crippen LogP contribution is -2.19. The first-order valence-electron chi connectivity index (χ1n) is 6.53. The number of nitrogens with zero attached hydrogens (tertiary/aromatic N) is 2. The summed E-state index contributed by atoms with van der Waals surface area (Å²) in [7, 11) is 0. The van der Waals surface area contributed by atoms with E-state index in [9.17, 15) is 0 Å².